The van der Waals surface area contributed by atoms with E-state index in [0.29, 0.717) is 18.2 Å². The maximum atomic E-state index is 13.4. The highest BCUT2D eigenvalue weighted by atomic mass is 32.2. The van der Waals surface area contributed by atoms with Gasteiger partial charge in [0.1, 0.15) is 0 Å². The molecule has 2 aromatic rings. The Labute approximate surface area is 148 Å². The van der Waals surface area contributed by atoms with Gasteiger partial charge in [-0.3, -0.25) is 4.79 Å². The van der Waals surface area contributed by atoms with Crippen molar-refractivity contribution in [3.63, 3.8) is 0 Å². The van der Waals surface area contributed by atoms with Crippen LogP contribution in [0.2, 0.25) is 0 Å². The Hall–Kier alpha value is -1.92. The molecule has 2 aliphatic heterocycles. The second-order valence-corrected chi connectivity index (χ2v) is 8.63. The van der Waals surface area contributed by atoms with Crippen molar-refractivity contribution in [3.8, 4) is 0 Å². The third-order valence-corrected chi connectivity index (χ3v) is 7.27. The molecule has 1 amide bonds. The molecule has 2 aliphatic rings. The van der Waals surface area contributed by atoms with Crippen LogP contribution in [0.5, 0.6) is 0 Å². The van der Waals surface area contributed by atoms with Gasteiger partial charge in [-0.05, 0) is 30.8 Å². The molecule has 0 radical (unpaired) electrons. The van der Waals surface area contributed by atoms with Gasteiger partial charge in [-0.2, -0.15) is 0 Å². The molecule has 2 aromatic carbocycles. The highest BCUT2D eigenvalue weighted by Crippen LogP contribution is 2.38. The van der Waals surface area contributed by atoms with Crippen LogP contribution < -0.4 is 5.32 Å². The average Bonchev–Trinajstić information content (AvgIpc) is 3.16. The Morgan fingerprint density at radius 3 is 2.72 bits per heavy atom. The third kappa shape index (κ3) is 2.47. The first-order chi connectivity index (χ1) is 12.1. The number of benzene rings is 2. The van der Waals surface area contributed by atoms with Crippen LogP contribution in [0.25, 0.3) is 10.8 Å². The van der Waals surface area contributed by atoms with Gasteiger partial charge >= 0.3 is 0 Å². The molecular weight excluding hydrogens is 336 g/mol. The van der Waals surface area contributed by atoms with Crippen LogP contribution in [-0.2, 0) is 14.8 Å². The molecule has 5 nitrogen and oxygen atoms in total. The van der Waals surface area contributed by atoms with E-state index in [-0.39, 0.29) is 28.8 Å². The second-order valence-electron chi connectivity index (χ2n) is 6.85. The van der Waals surface area contributed by atoms with E-state index in [1.807, 2.05) is 31.2 Å². The van der Waals surface area contributed by atoms with Crippen molar-refractivity contribution >= 4 is 26.7 Å². The molecule has 0 saturated carbocycles. The van der Waals surface area contributed by atoms with Gasteiger partial charge in [0.25, 0.3) is 10.0 Å². The topological polar surface area (TPSA) is 66.5 Å². The fourth-order valence-electron chi connectivity index (χ4n) is 4.30. The number of nitrogens with zero attached hydrogens (tertiary/aromatic N) is 1. The minimum atomic E-state index is -3.88. The molecule has 1 unspecified atom stereocenters. The lowest BCUT2D eigenvalue weighted by Crippen LogP contribution is -2.40. The number of carbonyl (C=O) groups is 1. The van der Waals surface area contributed by atoms with Gasteiger partial charge in [0, 0.05) is 11.4 Å². The largest absolute Gasteiger partial charge is 0.311 e. The first-order valence-electron chi connectivity index (χ1n) is 8.85. The van der Waals surface area contributed by atoms with Crippen molar-refractivity contribution in [1.82, 2.24) is 9.62 Å². The van der Waals surface area contributed by atoms with Crippen LogP contribution >= 0.6 is 0 Å². The molecule has 0 bridgehead atoms. The Morgan fingerprint density at radius 2 is 1.92 bits per heavy atom. The van der Waals surface area contributed by atoms with Crippen LogP contribution in [0.3, 0.4) is 0 Å². The van der Waals surface area contributed by atoms with Crippen LogP contribution in [0.15, 0.2) is 47.4 Å². The van der Waals surface area contributed by atoms with Crippen molar-refractivity contribution in [2.24, 2.45) is 5.92 Å². The van der Waals surface area contributed by atoms with Crippen LogP contribution in [0, 0.1) is 5.92 Å². The van der Waals surface area contributed by atoms with E-state index < -0.39 is 10.0 Å². The van der Waals surface area contributed by atoms with Crippen molar-refractivity contribution in [2.75, 3.05) is 6.54 Å². The summed E-state index contributed by atoms with van der Waals surface area (Å²) in [6, 6.07) is 12.3. The zero-order valence-electron chi connectivity index (χ0n) is 14.2. The fraction of sp³-hybridized carbons (Fsp3) is 0.421. The summed E-state index contributed by atoms with van der Waals surface area (Å²) in [6.07, 6.45) is 2.26. The molecule has 6 heteroatoms. The smallest absolute Gasteiger partial charge is 0.267 e. The predicted molar refractivity (Wildman–Crippen MR) is 96.6 cm³/mol. The van der Waals surface area contributed by atoms with E-state index in [2.05, 4.69) is 5.32 Å². The van der Waals surface area contributed by atoms with E-state index in [0.717, 1.165) is 18.4 Å². The number of amides is 1. The Balaban J connectivity index is 1.83. The maximum Gasteiger partial charge on any atom is 0.267 e. The molecule has 1 N–H and O–H groups in total. The first kappa shape index (κ1) is 16.5. The Morgan fingerprint density at radius 1 is 1.16 bits per heavy atom. The predicted octanol–water partition coefficient (Wildman–Crippen LogP) is 2.52. The number of fused-ring (bicyclic) bond motifs is 2. The second kappa shape index (κ2) is 6.11. The summed E-state index contributed by atoms with van der Waals surface area (Å²) in [7, 11) is -3.88. The van der Waals surface area contributed by atoms with E-state index >= 15 is 0 Å². The summed E-state index contributed by atoms with van der Waals surface area (Å²) < 4.78 is 28.0. The normalized spacial score (nSPS) is 26.4. The molecule has 2 saturated heterocycles. The van der Waals surface area contributed by atoms with E-state index in [9.17, 15) is 13.2 Å². The lowest BCUT2D eigenvalue weighted by molar-refractivity contribution is -0.128. The molecule has 25 heavy (non-hydrogen) atoms. The van der Waals surface area contributed by atoms with Crippen LogP contribution in [0.4, 0.5) is 0 Å². The lowest BCUT2D eigenvalue weighted by Gasteiger charge is -2.23. The highest BCUT2D eigenvalue weighted by molar-refractivity contribution is 7.90. The van der Waals surface area contributed by atoms with Gasteiger partial charge in [0.15, 0.2) is 0 Å². The third-order valence-electron chi connectivity index (χ3n) is 5.39. The zero-order chi connectivity index (χ0) is 17.6. The number of carbonyl (C=O) groups excluding carboxylic acids is 1. The number of sulfonamides is 1. The lowest BCUT2D eigenvalue weighted by atomic mass is 9.95. The van der Waals surface area contributed by atoms with Gasteiger partial charge in [-0.25, -0.2) is 12.7 Å². The summed E-state index contributed by atoms with van der Waals surface area (Å²) in [5.74, 6) is -0.501. The summed E-state index contributed by atoms with van der Waals surface area (Å²) >= 11 is 0. The van der Waals surface area contributed by atoms with E-state index in [1.54, 1.807) is 18.2 Å². The Kier molecular flexibility index (Phi) is 4.04. The summed E-state index contributed by atoms with van der Waals surface area (Å²) in [5.41, 5.74) is 0. The SMILES string of the molecule is CCCC1C(=O)N(S(=O)(=O)c2cccc3ccccc23)[C@H]2CCN[C@H]12. The monoisotopic (exact) mass is 358 g/mol. The summed E-state index contributed by atoms with van der Waals surface area (Å²) in [6.45, 7) is 2.78. The molecule has 2 fully saturated rings. The molecule has 0 aliphatic carbocycles. The van der Waals surface area contributed by atoms with Gasteiger partial charge in [0.05, 0.1) is 16.9 Å². The van der Waals surface area contributed by atoms with Crippen molar-refractivity contribution in [3.05, 3.63) is 42.5 Å². The fourth-order valence-corrected chi connectivity index (χ4v) is 6.20. The minimum absolute atomic E-state index is 0.0581. The van der Waals surface area contributed by atoms with Crippen LogP contribution in [-0.4, -0.2) is 37.3 Å². The number of nitrogens with one attached hydrogen (secondary N) is 1. The van der Waals surface area contributed by atoms with E-state index in [4.69, 9.17) is 0 Å². The van der Waals surface area contributed by atoms with Gasteiger partial charge < -0.3 is 5.32 Å². The van der Waals surface area contributed by atoms with Crippen molar-refractivity contribution < 1.29 is 13.2 Å². The van der Waals surface area contributed by atoms with E-state index in [1.165, 1.54) is 4.31 Å². The molecular formula is C19H22N2O3S. The molecule has 2 heterocycles. The first-order valence-corrected chi connectivity index (χ1v) is 10.3. The van der Waals surface area contributed by atoms with Crippen molar-refractivity contribution in [2.45, 2.75) is 43.2 Å². The number of rotatable bonds is 4. The molecule has 4 rings (SSSR count). The molecule has 0 spiro atoms. The van der Waals surface area contributed by atoms with Gasteiger partial charge in [-0.15, -0.1) is 0 Å². The number of hydrogen-bond donors (Lipinski definition) is 1. The Bertz CT molecular complexity index is 920. The average molecular weight is 358 g/mol. The molecule has 132 valence electrons. The summed E-state index contributed by atoms with van der Waals surface area (Å²) in [5, 5.41) is 4.88. The molecule has 3 atom stereocenters. The molecule has 0 aromatic heterocycles. The quantitative estimate of drug-likeness (QED) is 0.912. The minimum Gasteiger partial charge on any atom is -0.311 e. The summed E-state index contributed by atoms with van der Waals surface area (Å²) in [4.78, 5) is 13.2. The van der Waals surface area contributed by atoms with Gasteiger partial charge in [-0.1, -0.05) is 49.7 Å². The maximum absolute atomic E-state index is 13.4. The van der Waals surface area contributed by atoms with Crippen molar-refractivity contribution in [1.29, 1.82) is 0 Å². The number of hydrogen-bond acceptors (Lipinski definition) is 4. The van der Waals surface area contributed by atoms with Crippen LogP contribution in [0.1, 0.15) is 26.2 Å². The standard InChI is InChI=1S/C19H22N2O3S/c1-2-6-15-18-16(11-12-20-18)21(19(15)22)25(23,24)17-10-5-8-13-7-3-4-9-14(13)17/h3-5,7-10,15-16,18,20H,2,6,11-12H2,1H3/t15?,16-,18+/m0/s1. The highest BCUT2D eigenvalue weighted by Gasteiger charge is 2.54. The zero-order valence-corrected chi connectivity index (χ0v) is 15.0. The van der Waals surface area contributed by atoms with Gasteiger partial charge in [0.2, 0.25) is 5.91 Å².